The number of methoxy groups -OCH3 is 2. The van der Waals surface area contributed by atoms with Crippen molar-refractivity contribution >= 4 is 152 Å². The molecule has 113 heavy (non-hydrogen) atoms. The number of nitrogens with one attached hydrogen (secondary N) is 4. The first kappa shape index (κ1) is 87.7. The number of ether oxygens (including phenoxy) is 5. The van der Waals surface area contributed by atoms with E-state index in [4.69, 9.17) is 42.0 Å². The Kier molecular flexibility index (Phi) is 34.0. The number of morpholine rings is 3. The maximum absolute atomic E-state index is 13.0. The van der Waals surface area contributed by atoms with Gasteiger partial charge in [0.15, 0.2) is 50.3 Å². The lowest BCUT2D eigenvalue weighted by Crippen LogP contribution is -2.44. The topological polar surface area (TPSA) is 329 Å². The number of fused-ring (bicyclic) bond motifs is 3. The van der Waals surface area contributed by atoms with E-state index < -0.39 is 17.7 Å². The van der Waals surface area contributed by atoms with E-state index in [1.165, 1.54) is 31.3 Å². The highest BCUT2D eigenvalue weighted by Crippen LogP contribution is 2.36. The smallest absolute Gasteiger partial charge is 0.369 e. The van der Waals surface area contributed by atoms with Gasteiger partial charge < -0.3 is 113 Å². The highest BCUT2D eigenvalue weighted by Gasteiger charge is 2.27. The lowest BCUT2D eigenvalue weighted by atomic mass is 10.1. The largest absolute Gasteiger partial charge is 0.508 e. The molecule has 0 unspecified atom stereocenters. The fourth-order valence-corrected chi connectivity index (χ4v) is 13.2. The van der Waals surface area contributed by atoms with E-state index in [2.05, 4.69) is 121 Å². The van der Waals surface area contributed by atoms with Crippen molar-refractivity contribution in [2.24, 2.45) is 5.73 Å². The maximum atomic E-state index is 13.0. The second-order valence-electron chi connectivity index (χ2n) is 26.2. The summed E-state index contributed by atoms with van der Waals surface area (Å²) in [4.78, 5) is 95.3. The number of anilines is 9. The first-order chi connectivity index (χ1) is 54.8. The monoisotopic (exact) mass is 1750 g/mol. The minimum absolute atomic E-state index is 0.00807. The number of nitrogens with zero attached hydrogens (tertiary/aromatic N) is 8. The number of carbonyl (C=O) groups is 3. The van der Waals surface area contributed by atoms with E-state index in [0.29, 0.717) is 101 Å². The summed E-state index contributed by atoms with van der Waals surface area (Å²) in [6.45, 7) is 23.0. The fourth-order valence-electron chi connectivity index (χ4n) is 13.2. The lowest BCUT2D eigenvalue weighted by Gasteiger charge is -2.34. The third-order valence-corrected chi connectivity index (χ3v) is 19.2. The van der Waals surface area contributed by atoms with E-state index >= 15 is 0 Å². The molecule has 606 valence electrons. The molecule has 6 saturated heterocycles. The summed E-state index contributed by atoms with van der Waals surface area (Å²) in [6.07, 6.45) is 0. The van der Waals surface area contributed by atoms with Crippen LogP contribution in [0.4, 0.5) is 51.2 Å². The number of benzene rings is 6. The van der Waals surface area contributed by atoms with Crippen molar-refractivity contribution in [1.29, 1.82) is 0 Å². The van der Waals surface area contributed by atoms with E-state index in [1.807, 2.05) is 106 Å². The molecule has 0 radical (unpaired) electrons. The van der Waals surface area contributed by atoms with E-state index in [9.17, 15) is 33.9 Å². The Morgan fingerprint density at radius 1 is 0.416 bits per heavy atom. The average molecular weight is 1750 g/mol. The number of aromatic hydroxyl groups is 1. The van der Waals surface area contributed by atoms with Gasteiger partial charge in [0.2, 0.25) is 0 Å². The van der Waals surface area contributed by atoms with Crippen molar-refractivity contribution < 1.29 is 61.5 Å². The minimum atomic E-state index is -0.504. The van der Waals surface area contributed by atoms with Crippen molar-refractivity contribution in [1.82, 2.24) is 15.1 Å². The Balaban J connectivity index is 0.000000184. The number of hydrogen-bond acceptors (Lipinski definition) is 26. The number of phenolic OH excluding ortho intramolecular Hbond substituents is 1. The standard InChI is InChI=1S/C26H30N4O5.2C25H28N4O5.C2H6.CH5N.CH4O.BBr3/c1-28-7-9-30(10-8-28)22-16-20(33-2)15-21-23(31)17-24(35-25(21)22)26(32)27-18-3-5-19(6-4-18)29-11-13-34-14-12-29;1-27-6-8-29(9-7-27)21-15-19(30)14-20-22(31)16-23(34-24(20)21)25(32)26-17-2-4-18(5-3-17)28-10-12-33-13-11-28;1-32-19-14-20-22(30)16-23(34-24(20)21(15-19)29-8-6-26-7-9-29)25(31)27-17-2-4-18(5-3-17)28-10-12-33-13-11-28;3*1-2;2-1(3)4/h3-6,15-17H,7-14H2,1-2H3,(H,27,32);2-5,14-16,30H,6-13H2,1H3,(H,26,32);2-5,14-16,26H,6-13H2,1H3,(H,27,31);1-2H3;2H2,1H3;2H,1H3;. The molecule has 33 heteroatoms. The van der Waals surface area contributed by atoms with E-state index in [0.717, 1.165) is 153 Å². The van der Waals surface area contributed by atoms with Crippen LogP contribution in [0.25, 0.3) is 32.9 Å². The van der Waals surface area contributed by atoms with Crippen LogP contribution in [0.2, 0.25) is 0 Å². The Hall–Kier alpha value is -9.26. The van der Waals surface area contributed by atoms with Crippen LogP contribution in [0.5, 0.6) is 17.2 Å². The fraction of sp³-hybridized carbons (Fsp3) is 0.400. The zero-order chi connectivity index (χ0) is 81.1. The molecule has 9 heterocycles. The zero-order valence-electron chi connectivity index (χ0n) is 65.1. The van der Waals surface area contributed by atoms with Gasteiger partial charge in [-0.25, -0.2) is 0 Å². The molecule has 6 aliphatic heterocycles. The molecule has 3 aromatic heterocycles. The molecule has 6 fully saturated rings. The maximum Gasteiger partial charge on any atom is 0.369 e. The Bertz CT molecular complexity index is 4750. The summed E-state index contributed by atoms with van der Waals surface area (Å²) in [6, 6.07) is 36.5. The molecule has 0 atom stereocenters. The minimum Gasteiger partial charge on any atom is -0.508 e. The highest BCUT2D eigenvalue weighted by molar-refractivity contribution is 9.69. The number of halogens is 3. The van der Waals surface area contributed by atoms with Gasteiger partial charge in [0.05, 0.1) is 87.1 Å². The molecule has 6 aromatic carbocycles. The van der Waals surface area contributed by atoms with Gasteiger partial charge >= 0.3 is 3.18 Å². The SMILES string of the molecule is BrB(Br)Br.CC.CN.CN1CCN(c2cc(O)cc3c(=O)cc(C(=O)Nc4ccc(N5CCOCC5)cc4)oc23)CC1.CO.COc1cc(N2CCN(C)CC2)c2oc(C(=O)Nc3ccc(N4CCOCC4)cc3)cc(=O)c2c1.COc1cc(N2CCNCC2)c2oc(C(=O)Nc3ccc(N4CCOCC4)cc3)cc(=O)c2c1. The molecular weight excluding hydrogens is 1650 g/mol. The number of likely N-dealkylation sites (N-methyl/N-ethyl adjacent to an activating group) is 2. The molecule has 8 N–H and O–H groups in total. The first-order valence-corrected chi connectivity index (χ1v) is 40.2. The van der Waals surface area contributed by atoms with Crippen molar-refractivity contribution in [3.63, 3.8) is 0 Å². The molecule has 15 rings (SSSR count). The first-order valence-electron chi connectivity index (χ1n) is 37.5. The quantitative estimate of drug-likeness (QED) is 0.0498. The number of amides is 3. The van der Waals surface area contributed by atoms with E-state index in [-0.39, 0.29) is 47.9 Å². The van der Waals surface area contributed by atoms with Gasteiger partial charge in [-0.1, -0.05) is 13.8 Å². The summed E-state index contributed by atoms with van der Waals surface area (Å²) < 4.78 is 45.4. The number of rotatable bonds is 14. The molecule has 0 saturated carbocycles. The third kappa shape index (κ3) is 23.9. The van der Waals surface area contributed by atoms with Crippen molar-refractivity contribution in [2.45, 2.75) is 13.8 Å². The normalized spacial score (nSPS) is 15.8. The van der Waals surface area contributed by atoms with Crippen LogP contribution >= 0.6 is 47.3 Å². The number of nitrogens with two attached hydrogens (primary N) is 1. The van der Waals surface area contributed by atoms with Crippen LogP contribution in [0.3, 0.4) is 0 Å². The van der Waals surface area contributed by atoms with Crippen LogP contribution in [0.1, 0.15) is 45.5 Å². The van der Waals surface area contributed by atoms with Gasteiger partial charge in [0.1, 0.15) is 17.2 Å². The molecule has 29 nitrogen and oxygen atoms in total. The predicted molar refractivity (Wildman–Crippen MR) is 461 cm³/mol. The van der Waals surface area contributed by atoms with Crippen molar-refractivity contribution in [2.75, 3.05) is 245 Å². The van der Waals surface area contributed by atoms with Crippen molar-refractivity contribution in [3.8, 4) is 17.2 Å². The number of aliphatic hydroxyl groups is 1. The Morgan fingerprint density at radius 2 is 0.690 bits per heavy atom. The summed E-state index contributed by atoms with van der Waals surface area (Å²) in [5.74, 6) is -0.431. The summed E-state index contributed by atoms with van der Waals surface area (Å²) in [5, 5.41) is 30.0. The lowest BCUT2D eigenvalue weighted by molar-refractivity contribution is 0.0990. The summed E-state index contributed by atoms with van der Waals surface area (Å²) in [5.41, 5.74) is 11.9. The van der Waals surface area contributed by atoms with Crippen molar-refractivity contribution in [3.05, 3.63) is 175 Å². The van der Waals surface area contributed by atoms with Crippen LogP contribution in [-0.4, -0.2) is 241 Å². The molecule has 0 bridgehead atoms. The third-order valence-electron chi connectivity index (χ3n) is 19.2. The second kappa shape index (κ2) is 43.8. The van der Waals surface area contributed by atoms with Crippen LogP contribution < -0.4 is 82.2 Å². The molecule has 6 aliphatic rings. The zero-order valence-corrected chi connectivity index (χ0v) is 69.8. The molecule has 0 aliphatic carbocycles. The number of hydrogen-bond donors (Lipinski definition) is 7. The predicted octanol–water partition coefficient (Wildman–Crippen LogP) is 9.65. The van der Waals surface area contributed by atoms with E-state index in [1.54, 1.807) is 32.4 Å². The average Bonchev–Trinajstić information content (AvgIpc) is 0.779. The Labute approximate surface area is 682 Å². The van der Waals surface area contributed by atoms with Gasteiger partial charge in [-0.05, 0) is 112 Å². The summed E-state index contributed by atoms with van der Waals surface area (Å²) >= 11 is 9.31. The molecule has 0 spiro atoms. The van der Waals surface area contributed by atoms with Crippen LogP contribution in [-0.2, 0) is 14.2 Å². The van der Waals surface area contributed by atoms with Gasteiger partial charge in [-0.3, -0.25) is 28.8 Å². The number of piperazine rings is 3. The van der Waals surface area contributed by atoms with Gasteiger partial charge in [0, 0.05) is 195 Å². The molecular formula is C80H101BBr3N13O16. The number of phenols is 1. The van der Waals surface area contributed by atoms with Gasteiger partial charge in [-0.15, -0.1) is 47.3 Å². The Morgan fingerprint density at radius 3 is 0.982 bits per heavy atom. The van der Waals surface area contributed by atoms with Crippen LogP contribution in [0.15, 0.2) is 155 Å². The summed E-state index contributed by atoms with van der Waals surface area (Å²) in [7, 11) is 9.77. The van der Waals surface area contributed by atoms with Crippen LogP contribution in [0, 0.1) is 0 Å². The second-order valence-corrected chi connectivity index (χ2v) is 32.6. The molecule has 3 amide bonds. The highest BCUT2D eigenvalue weighted by atomic mass is 79.9. The number of aliphatic hydroxyl groups excluding tert-OH is 1. The number of carbonyl (C=O) groups excluding carboxylic acids is 3. The van der Waals surface area contributed by atoms with Gasteiger partial charge in [0.25, 0.3) is 17.7 Å². The van der Waals surface area contributed by atoms with Gasteiger partial charge in [-0.2, -0.15) is 0 Å². The molecule has 9 aromatic rings.